The summed E-state index contributed by atoms with van der Waals surface area (Å²) in [6.07, 6.45) is 1.60. The van der Waals surface area contributed by atoms with Crippen molar-refractivity contribution in [3.05, 3.63) is 82.8 Å². The Balaban J connectivity index is 1.38. The van der Waals surface area contributed by atoms with Crippen LogP contribution in [0, 0.1) is 12.7 Å². The number of halogens is 2. The third-order valence-corrected chi connectivity index (χ3v) is 7.03. The molecule has 7 nitrogen and oxygen atoms in total. The first kappa shape index (κ1) is 23.0. The van der Waals surface area contributed by atoms with Gasteiger partial charge < -0.3 is 9.80 Å². The Morgan fingerprint density at radius 3 is 2.33 bits per heavy atom. The number of benzene rings is 2. The highest BCUT2D eigenvalue weighted by Gasteiger charge is 2.23. The van der Waals surface area contributed by atoms with E-state index in [9.17, 15) is 17.6 Å². The van der Waals surface area contributed by atoms with Crippen molar-refractivity contribution in [2.75, 3.05) is 35.8 Å². The van der Waals surface area contributed by atoms with Gasteiger partial charge in [0.1, 0.15) is 11.6 Å². The molecule has 0 bridgehead atoms. The summed E-state index contributed by atoms with van der Waals surface area (Å²) in [5, 5.41) is 0.575. The Morgan fingerprint density at radius 2 is 1.73 bits per heavy atom. The lowest BCUT2D eigenvalue weighted by Crippen LogP contribution is -2.49. The molecule has 4 rings (SSSR count). The van der Waals surface area contributed by atoms with Crippen LogP contribution in [-0.4, -0.2) is 50.4 Å². The molecule has 1 aliphatic heterocycles. The maximum absolute atomic E-state index is 13.4. The molecule has 1 fully saturated rings. The standard InChI is InChI=1S/C23H22ClFN4O3S/c1-16-14-20(7-8-21(16)25)33(31,32)27-19-5-2-17(3-6-19)23(30)29-12-10-28(11-13-29)22-9-4-18(24)15-26-22/h2-9,14-15,27H,10-13H2,1H3. The average Bonchev–Trinajstić information content (AvgIpc) is 2.81. The van der Waals surface area contributed by atoms with Crippen LogP contribution in [0.3, 0.4) is 0 Å². The molecule has 3 aromatic rings. The minimum absolute atomic E-state index is 0.0328. The third kappa shape index (κ3) is 5.26. The second-order valence-electron chi connectivity index (χ2n) is 7.71. The Morgan fingerprint density at radius 1 is 1.03 bits per heavy atom. The molecule has 1 aliphatic rings. The second kappa shape index (κ2) is 9.36. The molecule has 10 heteroatoms. The van der Waals surface area contributed by atoms with E-state index in [2.05, 4.69) is 14.6 Å². The van der Waals surface area contributed by atoms with E-state index in [1.807, 2.05) is 6.07 Å². The Hall–Kier alpha value is -3.17. The van der Waals surface area contributed by atoms with Crippen molar-refractivity contribution in [3.63, 3.8) is 0 Å². The molecular formula is C23H22ClFN4O3S. The van der Waals surface area contributed by atoms with Gasteiger partial charge in [0.2, 0.25) is 0 Å². The summed E-state index contributed by atoms with van der Waals surface area (Å²) in [6.45, 7) is 3.88. The molecule has 2 heterocycles. The van der Waals surface area contributed by atoms with Crippen LogP contribution in [0.1, 0.15) is 15.9 Å². The van der Waals surface area contributed by atoms with Crippen molar-refractivity contribution in [2.24, 2.45) is 0 Å². The summed E-state index contributed by atoms with van der Waals surface area (Å²) in [6, 6.07) is 13.5. The first-order valence-electron chi connectivity index (χ1n) is 10.3. The van der Waals surface area contributed by atoms with Gasteiger partial charge in [-0.25, -0.2) is 17.8 Å². The van der Waals surface area contributed by atoms with Gasteiger partial charge in [0, 0.05) is 43.6 Å². The van der Waals surface area contributed by atoms with E-state index >= 15 is 0 Å². The quantitative estimate of drug-likeness (QED) is 0.588. The summed E-state index contributed by atoms with van der Waals surface area (Å²) in [5.41, 5.74) is 1.02. The zero-order valence-corrected chi connectivity index (χ0v) is 19.4. The molecule has 1 N–H and O–H groups in total. The molecule has 0 unspecified atom stereocenters. The maximum Gasteiger partial charge on any atom is 0.261 e. The fourth-order valence-electron chi connectivity index (χ4n) is 3.56. The predicted molar refractivity (Wildman–Crippen MR) is 126 cm³/mol. The van der Waals surface area contributed by atoms with Crippen molar-refractivity contribution < 1.29 is 17.6 Å². The number of rotatable bonds is 5. The van der Waals surface area contributed by atoms with Crippen LogP contribution < -0.4 is 9.62 Å². The van der Waals surface area contributed by atoms with E-state index in [0.717, 1.165) is 11.9 Å². The summed E-state index contributed by atoms with van der Waals surface area (Å²) in [5.74, 6) is 0.226. The van der Waals surface area contributed by atoms with E-state index in [1.165, 1.54) is 31.2 Å². The molecule has 1 saturated heterocycles. The highest BCUT2D eigenvalue weighted by molar-refractivity contribution is 7.92. The lowest BCUT2D eigenvalue weighted by molar-refractivity contribution is 0.0746. The maximum atomic E-state index is 13.4. The van der Waals surface area contributed by atoms with Crippen LogP contribution in [0.2, 0.25) is 5.02 Å². The van der Waals surface area contributed by atoms with Crippen molar-refractivity contribution in [1.82, 2.24) is 9.88 Å². The van der Waals surface area contributed by atoms with Crippen LogP contribution in [0.5, 0.6) is 0 Å². The van der Waals surface area contributed by atoms with Gasteiger partial charge in [0.15, 0.2) is 0 Å². The lowest BCUT2D eigenvalue weighted by Gasteiger charge is -2.35. The van der Waals surface area contributed by atoms with Gasteiger partial charge >= 0.3 is 0 Å². The van der Waals surface area contributed by atoms with Gasteiger partial charge in [-0.15, -0.1) is 0 Å². The monoisotopic (exact) mass is 488 g/mol. The summed E-state index contributed by atoms with van der Waals surface area (Å²) >= 11 is 5.89. The molecule has 0 saturated carbocycles. The lowest BCUT2D eigenvalue weighted by atomic mass is 10.1. The second-order valence-corrected chi connectivity index (χ2v) is 9.83. The number of pyridine rings is 1. The third-order valence-electron chi connectivity index (χ3n) is 5.43. The smallest absolute Gasteiger partial charge is 0.261 e. The van der Waals surface area contributed by atoms with E-state index in [-0.39, 0.29) is 16.4 Å². The number of carbonyl (C=O) groups is 1. The molecule has 0 spiro atoms. The average molecular weight is 489 g/mol. The number of aryl methyl sites for hydroxylation is 1. The number of piperazine rings is 1. The predicted octanol–water partition coefficient (Wildman–Crippen LogP) is 3.95. The van der Waals surface area contributed by atoms with Crippen molar-refractivity contribution in [3.8, 4) is 0 Å². The first-order chi connectivity index (χ1) is 15.7. The number of amides is 1. The van der Waals surface area contributed by atoms with Crippen LogP contribution in [0.15, 0.2) is 65.7 Å². The van der Waals surface area contributed by atoms with Crippen LogP contribution >= 0.6 is 11.6 Å². The Labute approximate surface area is 196 Å². The summed E-state index contributed by atoms with van der Waals surface area (Å²) in [4.78, 5) is 21.0. The topological polar surface area (TPSA) is 82.6 Å². The largest absolute Gasteiger partial charge is 0.353 e. The van der Waals surface area contributed by atoms with E-state index in [0.29, 0.717) is 42.5 Å². The van der Waals surface area contributed by atoms with E-state index in [1.54, 1.807) is 29.3 Å². The molecule has 0 aliphatic carbocycles. The highest BCUT2D eigenvalue weighted by atomic mass is 35.5. The van der Waals surface area contributed by atoms with E-state index in [4.69, 9.17) is 11.6 Å². The van der Waals surface area contributed by atoms with E-state index < -0.39 is 15.8 Å². The van der Waals surface area contributed by atoms with Gasteiger partial charge in [-0.05, 0) is 67.1 Å². The molecule has 1 aromatic heterocycles. The number of nitrogens with one attached hydrogen (secondary N) is 1. The molecule has 0 radical (unpaired) electrons. The number of hydrogen-bond acceptors (Lipinski definition) is 5. The van der Waals surface area contributed by atoms with Gasteiger partial charge in [0.05, 0.1) is 9.92 Å². The van der Waals surface area contributed by atoms with Crippen LogP contribution in [0.4, 0.5) is 15.9 Å². The van der Waals surface area contributed by atoms with Crippen molar-refractivity contribution >= 4 is 39.0 Å². The number of anilines is 2. The Bertz CT molecular complexity index is 1260. The fourth-order valence-corrected chi connectivity index (χ4v) is 4.81. The number of hydrogen-bond donors (Lipinski definition) is 1. The number of aromatic nitrogens is 1. The van der Waals surface area contributed by atoms with Gasteiger partial charge in [-0.1, -0.05) is 11.6 Å². The molecule has 172 valence electrons. The molecule has 33 heavy (non-hydrogen) atoms. The summed E-state index contributed by atoms with van der Waals surface area (Å²) in [7, 11) is -3.87. The number of nitrogens with zero attached hydrogens (tertiary/aromatic N) is 3. The minimum Gasteiger partial charge on any atom is -0.353 e. The number of carbonyl (C=O) groups excluding carboxylic acids is 1. The highest BCUT2D eigenvalue weighted by Crippen LogP contribution is 2.21. The molecule has 1 amide bonds. The van der Waals surface area contributed by atoms with Gasteiger partial charge in [-0.2, -0.15) is 0 Å². The van der Waals surface area contributed by atoms with Crippen LogP contribution in [-0.2, 0) is 10.0 Å². The molecule has 2 aromatic carbocycles. The van der Waals surface area contributed by atoms with Crippen molar-refractivity contribution in [1.29, 1.82) is 0 Å². The number of sulfonamides is 1. The first-order valence-corrected chi connectivity index (χ1v) is 12.1. The van der Waals surface area contributed by atoms with Crippen LogP contribution in [0.25, 0.3) is 0 Å². The minimum atomic E-state index is -3.87. The summed E-state index contributed by atoms with van der Waals surface area (Å²) < 4.78 is 41.0. The Kier molecular flexibility index (Phi) is 6.53. The molecule has 0 atom stereocenters. The zero-order valence-electron chi connectivity index (χ0n) is 17.8. The van der Waals surface area contributed by atoms with Gasteiger partial charge in [0.25, 0.3) is 15.9 Å². The van der Waals surface area contributed by atoms with Crippen molar-refractivity contribution in [2.45, 2.75) is 11.8 Å². The fraction of sp³-hybridized carbons (Fsp3) is 0.217. The molecular weight excluding hydrogens is 467 g/mol. The normalized spacial score (nSPS) is 14.3. The van der Waals surface area contributed by atoms with Gasteiger partial charge in [-0.3, -0.25) is 9.52 Å². The SMILES string of the molecule is Cc1cc(S(=O)(=O)Nc2ccc(C(=O)N3CCN(c4ccc(Cl)cn4)CC3)cc2)ccc1F. The zero-order chi connectivity index (χ0) is 23.6.